The number of hydrogen-bond acceptors (Lipinski definition) is 2. The van der Waals surface area contributed by atoms with E-state index >= 15 is 0 Å². The van der Waals surface area contributed by atoms with Gasteiger partial charge in [-0.05, 0) is 33.4 Å². The molecule has 1 aliphatic rings. The van der Waals surface area contributed by atoms with E-state index in [1.165, 1.54) is 19.4 Å². The molecular formula is C7H16N2. The molecule has 2 atom stereocenters. The molecule has 2 unspecified atom stereocenters. The first-order chi connectivity index (χ1) is 4.22. The van der Waals surface area contributed by atoms with Crippen LogP contribution in [0.2, 0.25) is 0 Å². The Labute approximate surface area is 57.0 Å². The first-order valence-electron chi connectivity index (χ1n) is 3.67. The van der Waals surface area contributed by atoms with Crippen LogP contribution in [0.3, 0.4) is 0 Å². The Hall–Kier alpha value is -0.0800. The molecule has 0 bridgehead atoms. The minimum absolute atomic E-state index is 0.345. The largest absolute Gasteiger partial charge is 0.327 e. The van der Waals surface area contributed by atoms with Crippen LogP contribution in [0.1, 0.15) is 19.8 Å². The summed E-state index contributed by atoms with van der Waals surface area (Å²) in [5, 5.41) is 0. The van der Waals surface area contributed by atoms with E-state index in [2.05, 4.69) is 18.9 Å². The summed E-state index contributed by atoms with van der Waals surface area (Å²) in [5.74, 6) is 0. The zero-order valence-corrected chi connectivity index (χ0v) is 6.30. The van der Waals surface area contributed by atoms with Crippen LogP contribution in [0.15, 0.2) is 0 Å². The molecule has 0 aromatic rings. The van der Waals surface area contributed by atoms with Gasteiger partial charge in [-0.1, -0.05) is 0 Å². The molecule has 9 heavy (non-hydrogen) atoms. The molecule has 2 heteroatoms. The molecule has 0 amide bonds. The van der Waals surface area contributed by atoms with Crippen molar-refractivity contribution in [3.05, 3.63) is 0 Å². The van der Waals surface area contributed by atoms with Crippen LogP contribution in [0.25, 0.3) is 0 Å². The maximum atomic E-state index is 5.75. The molecule has 54 valence electrons. The Balaban J connectivity index is 2.40. The normalized spacial score (nSPS) is 33.0. The number of hydrogen-bond donors (Lipinski definition) is 1. The highest BCUT2D eigenvalue weighted by atomic mass is 15.2. The van der Waals surface area contributed by atoms with Crippen molar-refractivity contribution in [2.75, 3.05) is 13.6 Å². The van der Waals surface area contributed by atoms with Crippen LogP contribution in [-0.4, -0.2) is 30.6 Å². The SMILES string of the molecule is CC(N)C1CCCN1C. The van der Waals surface area contributed by atoms with Crippen molar-refractivity contribution in [2.24, 2.45) is 5.73 Å². The first-order valence-corrected chi connectivity index (χ1v) is 3.67. The van der Waals surface area contributed by atoms with Crippen molar-refractivity contribution < 1.29 is 0 Å². The van der Waals surface area contributed by atoms with Gasteiger partial charge in [-0.3, -0.25) is 0 Å². The fourth-order valence-corrected chi connectivity index (χ4v) is 1.60. The van der Waals surface area contributed by atoms with E-state index < -0.39 is 0 Å². The zero-order valence-electron chi connectivity index (χ0n) is 6.30. The van der Waals surface area contributed by atoms with E-state index in [4.69, 9.17) is 5.73 Å². The summed E-state index contributed by atoms with van der Waals surface area (Å²) in [6.07, 6.45) is 2.61. The lowest BCUT2D eigenvalue weighted by atomic mass is 10.1. The first kappa shape index (κ1) is 7.03. The third-order valence-electron chi connectivity index (χ3n) is 2.18. The molecule has 2 nitrogen and oxygen atoms in total. The van der Waals surface area contributed by atoms with Crippen LogP contribution in [0, 0.1) is 0 Å². The van der Waals surface area contributed by atoms with Crippen LogP contribution in [0.5, 0.6) is 0 Å². The predicted octanol–water partition coefficient (Wildman–Crippen LogP) is 0.428. The maximum absolute atomic E-state index is 5.75. The van der Waals surface area contributed by atoms with Gasteiger partial charge in [0.2, 0.25) is 0 Å². The highest BCUT2D eigenvalue weighted by molar-refractivity contribution is 4.82. The van der Waals surface area contributed by atoms with E-state index in [1.54, 1.807) is 0 Å². The van der Waals surface area contributed by atoms with E-state index in [1.807, 2.05) is 0 Å². The molecule has 1 rings (SSSR count). The van der Waals surface area contributed by atoms with E-state index in [0.717, 1.165) is 0 Å². The van der Waals surface area contributed by atoms with E-state index in [-0.39, 0.29) is 0 Å². The fraction of sp³-hybridized carbons (Fsp3) is 1.00. The standard InChI is InChI=1S/C7H16N2/c1-6(8)7-4-3-5-9(7)2/h6-7H,3-5,8H2,1-2H3. The van der Waals surface area contributed by atoms with Crippen molar-refractivity contribution in [1.29, 1.82) is 0 Å². The van der Waals surface area contributed by atoms with Gasteiger partial charge in [0.15, 0.2) is 0 Å². The minimum atomic E-state index is 0.345. The Morgan fingerprint density at radius 2 is 2.33 bits per heavy atom. The molecular weight excluding hydrogens is 112 g/mol. The van der Waals surface area contributed by atoms with Gasteiger partial charge in [-0.15, -0.1) is 0 Å². The van der Waals surface area contributed by atoms with Crippen molar-refractivity contribution in [1.82, 2.24) is 4.90 Å². The highest BCUT2D eigenvalue weighted by Crippen LogP contribution is 2.16. The summed E-state index contributed by atoms with van der Waals surface area (Å²) < 4.78 is 0. The molecule has 1 heterocycles. The molecule has 0 radical (unpaired) electrons. The number of nitrogens with two attached hydrogens (primary N) is 1. The molecule has 0 aromatic heterocycles. The van der Waals surface area contributed by atoms with Crippen LogP contribution >= 0.6 is 0 Å². The lowest BCUT2D eigenvalue weighted by Gasteiger charge is -2.22. The lowest BCUT2D eigenvalue weighted by molar-refractivity contribution is 0.280. The summed E-state index contributed by atoms with van der Waals surface area (Å²) in [6, 6.07) is 0.988. The third-order valence-corrected chi connectivity index (χ3v) is 2.18. The fourth-order valence-electron chi connectivity index (χ4n) is 1.60. The minimum Gasteiger partial charge on any atom is -0.327 e. The van der Waals surface area contributed by atoms with Gasteiger partial charge in [-0.2, -0.15) is 0 Å². The van der Waals surface area contributed by atoms with Crippen LogP contribution < -0.4 is 5.73 Å². The van der Waals surface area contributed by atoms with E-state index in [0.29, 0.717) is 12.1 Å². The quantitative estimate of drug-likeness (QED) is 0.555. The molecule has 0 aromatic carbocycles. The monoisotopic (exact) mass is 128 g/mol. The molecule has 0 saturated carbocycles. The Morgan fingerprint density at radius 3 is 2.56 bits per heavy atom. The van der Waals surface area contributed by atoms with Gasteiger partial charge in [0.25, 0.3) is 0 Å². The second-order valence-electron chi connectivity index (χ2n) is 3.05. The van der Waals surface area contributed by atoms with Crippen molar-refractivity contribution in [2.45, 2.75) is 31.8 Å². The Morgan fingerprint density at radius 1 is 1.67 bits per heavy atom. The molecule has 1 fully saturated rings. The van der Waals surface area contributed by atoms with Crippen LogP contribution in [0.4, 0.5) is 0 Å². The number of rotatable bonds is 1. The van der Waals surface area contributed by atoms with Crippen LogP contribution in [-0.2, 0) is 0 Å². The Bertz CT molecular complexity index is 90.9. The van der Waals surface area contributed by atoms with Crippen molar-refractivity contribution in [3.63, 3.8) is 0 Å². The topological polar surface area (TPSA) is 29.3 Å². The highest BCUT2D eigenvalue weighted by Gasteiger charge is 2.23. The second kappa shape index (κ2) is 2.67. The predicted molar refractivity (Wildman–Crippen MR) is 39.3 cm³/mol. The lowest BCUT2D eigenvalue weighted by Crippen LogP contribution is -2.39. The molecule has 0 spiro atoms. The van der Waals surface area contributed by atoms with Gasteiger partial charge in [0, 0.05) is 12.1 Å². The number of nitrogens with zero attached hydrogens (tertiary/aromatic N) is 1. The van der Waals surface area contributed by atoms with Crippen molar-refractivity contribution in [3.8, 4) is 0 Å². The smallest absolute Gasteiger partial charge is 0.0241 e. The van der Waals surface area contributed by atoms with Gasteiger partial charge in [0.05, 0.1) is 0 Å². The van der Waals surface area contributed by atoms with Gasteiger partial charge >= 0.3 is 0 Å². The summed E-state index contributed by atoms with van der Waals surface area (Å²) in [4.78, 5) is 2.35. The zero-order chi connectivity index (χ0) is 6.85. The third kappa shape index (κ3) is 1.43. The molecule has 1 saturated heterocycles. The van der Waals surface area contributed by atoms with E-state index in [9.17, 15) is 0 Å². The number of likely N-dealkylation sites (N-methyl/N-ethyl adjacent to an activating group) is 1. The summed E-state index contributed by atoms with van der Waals surface area (Å²) in [5.41, 5.74) is 5.75. The van der Waals surface area contributed by atoms with Gasteiger partial charge in [-0.25, -0.2) is 0 Å². The molecule has 1 aliphatic heterocycles. The summed E-state index contributed by atoms with van der Waals surface area (Å²) in [6.45, 7) is 3.32. The number of likely N-dealkylation sites (tertiary alicyclic amines) is 1. The Kier molecular flexibility index (Phi) is 2.09. The average molecular weight is 128 g/mol. The van der Waals surface area contributed by atoms with Gasteiger partial charge in [0.1, 0.15) is 0 Å². The summed E-state index contributed by atoms with van der Waals surface area (Å²) in [7, 11) is 2.15. The summed E-state index contributed by atoms with van der Waals surface area (Å²) >= 11 is 0. The molecule has 2 N–H and O–H groups in total. The molecule has 0 aliphatic carbocycles. The second-order valence-corrected chi connectivity index (χ2v) is 3.05. The average Bonchev–Trinajstić information content (AvgIpc) is 2.13. The van der Waals surface area contributed by atoms with Gasteiger partial charge < -0.3 is 10.6 Å². The van der Waals surface area contributed by atoms with Crippen molar-refractivity contribution >= 4 is 0 Å². The maximum Gasteiger partial charge on any atom is 0.0241 e.